The van der Waals surface area contributed by atoms with Gasteiger partial charge < -0.3 is 20.7 Å². The summed E-state index contributed by atoms with van der Waals surface area (Å²) < 4.78 is 5.45. The van der Waals surface area contributed by atoms with Crippen molar-refractivity contribution >= 4 is 17.5 Å². The van der Waals surface area contributed by atoms with Crippen molar-refractivity contribution in [1.82, 2.24) is 20.2 Å². The molecular weight excluding hydrogens is 340 g/mol. The predicted octanol–water partition coefficient (Wildman–Crippen LogP) is 1.84. The number of nitrogens with zero attached hydrogens (tertiary/aromatic N) is 3. The molecule has 3 rings (SSSR count). The minimum absolute atomic E-state index is 0.546. The molecule has 2 aromatic rings. The molecule has 142 valence electrons. The second-order valence-corrected chi connectivity index (χ2v) is 6.34. The van der Waals surface area contributed by atoms with Gasteiger partial charge in [-0.3, -0.25) is 4.90 Å². The molecule has 1 aromatic heterocycles. The summed E-state index contributed by atoms with van der Waals surface area (Å²) in [5, 5.41) is 9.64. The first kappa shape index (κ1) is 19.0. The topological polar surface area (TPSA) is 74.3 Å². The smallest absolute Gasteiger partial charge is 0.229 e. The largest absolute Gasteiger partial charge is 0.495 e. The van der Waals surface area contributed by atoms with E-state index in [4.69, 9.17) is 4.74 Å². The number of nitrogens with one attached hydrogen (secondary N) is 3. The minimum Gasteiger partial charge on any atom is -0.495 e. The number of methoxy groups -OCH3 is 1. The maximum atomic E-state index is 5.45. The molecule has 7 nitrogen and oxygen atoms in total. The molecule has 0 amide bonds. The third-order valence-electron chi connectivity index (χ3n) is 4.30. The molecule has 3 N–H and O–H groups in total. The van der Waals surface area contributed by atoms with Gasteiger partial charge in [-0.15, -0.1) is 0 Å². The summed E-state index contributed by atoms with van der Waals surface area (Å²) in [5.74, 6) is 8.58. The van der Waals surface area contributed by atoms with Crippen LogP contribution in [-0.2, 0) is 0 Å². The lowest BCUT2D eigenvalue weighted by Crippen LogP contribution is -2.43. The Labute approximate surface area is 160 Å². The molecule has 2 heterocycles. The molecule has 0 aliphatic carbocycles. The summed E-state index contributed by atoms with van der Waals surface area (Å²) in [6.07, 6.45) is 0. The molecule has 0 spiro atoms. The first-order chi connectivity index (χ1) is 13.2. The van der Waals surface area contributed by atoms with Crippen LogP contribution in [-0.4, -0.2) is 61.7 Å². The summed E-state index contributed by atoms with van der Waals surface area (Å²) in [4.78, 5) is 11.2. The standard InChI is InChI=1S/C20H26N6O/c1-15-13-19(21-2)25-20(23-15)24-17-6-7-18(27-3)16(14-17)5-4-10-26-11-8-22-9-12-26/h6-7,13-14,22H,8-12H2,1-3H3,(H2,21,23,24,25). The van der Waals surface area contributed by atoms with Crippen molar-refractivity contribution in [1.29, 1.82) is 0 Å². The van der Waals surface area contributed by atoms with E-state index < -0.39 is 0 Å². The maximum Gasteiger partial charge on any atom is 0.229 e. The van der Waals surface area contributed by atoms with Gasteiger partial charge in [0.05, 0.1) is 19.2 Å². The average molecular weight is 366 g/mol. The Morgan fingerprint density at radius 2 is 2.04 bits per heavy atom. The van der Waals surface area contributed by atoms with Crippen molar-refractivity contribution in [3.05, 3.63) is 35.5 Å². The van der Waals surface area contributed by atoms with E-state index in [9.17, 15) is 0 Å². The van der Waals surface area contributed by atoms with Crippen LogP contribution in [0.25, 0.3) is 0 Å². The Balaban J connectivity index is 1.76. The Morgan fingerprint density at radius 1 is 1.22 bits per heavy atom. The molecule has 1 aliphatic heterocycles. The zero-order chi connectivity index (χ0) is 19.1. The lowest BCUT2D eigenvalue weighted by Gasteiger charge is -2.24. The lowest BCUT2D eigenvalue weighted by molar-refractivity contribution is 0.268. The van der Waals surface area contributed by atoms with Crippen LogP contribution in [0.3, 0.4) is 0 Å². The van der Waals surface area contributed by atoms with Crippen LogP contribution in [0.2, 0.25) is 0 Å². The Morgan fingerprint density at radius 3 is 2.78 bits per heavy atom. The van der Waals surface area contributed by atoms with Gasteiger partial charge in [0.25, 0.3) is 0 Å². The van der Waals surface area contributed by atoms with Crippen molar-refractivity contribution in [3.63, 3.8) is 0 Å². The number of anilines is 3. The third-order valence-corrected chi connectivity index (χ3v) is 4.30. The molecule has 7 heteroatoms. The fraction of sp³-hybridized carbons (Fsp3) is 0.400. The molecule has 1 fully saturated rings. The monoisotopic (exact) mass is 366 g/mol. The van der Waals surface area contributed by atoms with E-state index in [1.165, 1.54) is 0 Å². The quantitative estimate of drug-likeness (QED) is 0.697. The van der Waals surface area contributed by atoms with Gasteiger partial charge in [0, 0.05) is 50.7 Å². The predicted molar refractivity (Wildman–Crippen MR) is 109 cm³/mol. The fourth-order valence-electron chi connectivity index (χ4n) is 2.88. The van der Waals surface area contributed by atoms with Crippen LogP contribution in [0.15, 0.2) is 24.3 Å². The first-order valence-corrected chi connectivity index (χ1v) is 9.08. The highest BCUT2D eigenvalue weighted by Crippen LogP contribution is 2.24. The SMILES string of the molecule is CNc1cc(C)nc(Nc2ccc(OC)c(C#CCN3CCNCC3)c2)n1. The number of benzene rings is 1. The fourth-order valence-corrected chi connectivity index (χ4v) is 2.88. The zero-order valence-electron chi connectivity index (χ0n) is 16.1. The van der Waals surface area contributed by atoms with E-state index in [1.54, 1.807) is 7.11 Å². The van der Waals surface area contributed by atoms with Gasteiger partial charge in [-0.2, -0.15) is 4.98 Å². The molecule has 0 saturated carbocycles. The molecule has 1 saturated heterocycles. The number of piperazine rings is 1. The van der Waals surface area contributed by atoms with Crippen LogP contribution in [0.4, 0.5) is 17.5 Å². The first-order valence-electron chi connectivity index (χ1n) is 9.08. The Hall–Kier alpha value is -2.82. The van der Waals surface area contributed by atoms with Gasteiger partial charge in [0.1, 0.15) is 11.6 Å². The highest BCUT2D eigenvalue weighted by atomic mass is 16.5. The molecule has 0 bridgehead atoms. The van der Waals surface area contributed by atoms with E-state index in [0.717, 1.165) is 61.2 Å². The number of aromatic nitrogens is 2. The molecular formula is C20H26N6O. The molecule has 0 atom stereocenters. The van der Waals surface area contributed by atoms with Gasteiger partial charge in [0.2, 0.25) is 5.95 Å². The second kappa shape index (κ2) is 9.21. The highest BCUT2D eigenvalue weighted by Gasteiger charge is 2.08. The third kappa shape index (κ3) is 5.33. The van der Waals surface area contributed by atoms with Gasteiger partial charge in [-0.05, 0) is 25.1 Å². The number of hydrogen-bond donors (Lipinski definition) is 3. The van der Waals surface area contributed by atoms with Gasteiger partial charge >= 0.3 is 0 Å². The van der Waals surface area contributed by atoms with Gasteiger partial charge in [-0.25, -0.2) is 4.98 Å². The highest BCUT2D eigenvalue weighted by molar-refractivity contribution is 5.62. The summed E-state index contributed by atoms with van der Waals surface area (Å²) in [7, 11) is 3.50. The van der Waals surface area contributed by atoms with E-state index in [-0.39, 0.29) is 0 Å². The van der Waals surface area contributed by atoms with E-state index in [1.807, 2.05) is 38.2 Å². The second-order valence-electron chi connectivity index (χ2n) is 6.34. The molecule has 27 heavy (non-hydrogen) atoms. The van der Waals surface area contributed by atoms with E-state index in [0.29, 0.717) is 5.95 Å². The number of hydrogen-bond acceptors (Lipinski definition) is 7. The summed E-state index contributed by atoms with van der Waals surface area (Å²) in [6.45, 7) is 6.81. The van der Waals surface area contributed by atoms with Crippen LogP contribution in [0.1, 0.15) is 11.3 Å². The lowest BCUT2D eigenvalue weighted by atomic mass is 10.1. The molecule has 1 aromatic carbocycles. The van der Waals surface area contributed by atoms with Crippen molar-refractivity contribution in [2.45, 2.75) is 6.92 Å². The van der Waals surface area contributed by atoms with Gasteiger partial charge in [-0.1, -0.05) is 11.8 Å². The maximum absolute atomic E-state index is 5.45. The average Bonchev–Trinajstić information content (AvgIpc) is 2.68. The Bertz CT molecular complexity index is 836. The van der Waals surface area contributed by atoms with Crippen molar-refractivity contribution in [2.24, 2.45) is 0 Å². The summed E-state index contributed by atoms with van der Waals surface area (Å²) in [6, 6.07) is 7.71. The van der Waals surface area contributed by atoms with Crippen molar-refractivity contribution in [2.75, 3.05) is 57.5 Å². The van der Waals surface area contributed by atoms with E-state index in [2.05, 4.69) is 42.7 Å². The van der Waals surface area contributed by atoms with Crippen LogP contribution in [0.5, 0.6) is 5.75 Å². The van der Waals surface area contributed by atoms with E-state index >= 15 is 0 Å². The molecule has 0 radical (unpaired) electrons. The number of ether oxygens (including phenoxy) is 1. The summed E-state index contributed by atoms with van der Waals surface area (Å²) in [5.41, 5.74) is 2.61. The molecule has 1 aliphatic rings. The van der Waals surface area contributed by atoms with Crippen molar-refractivity contribution in [3.8, 4) is 17.6 Å². The Kier molecular flexibility index (Phi) is 6.47. The van der Waals surface area contributed by atoms with Crippen LogP contribution < -0.4 is 20.7 Å². The van der Waals surface area contributed by atoms with Crippen LogP contribution in [0, 0.1) is 18.8 Å². The van der Waals surface area contributed by atoms with Gasteiger partial charge in [0.15, 0.2) is 0 Å². The minimum atomic E-state index is 0.546. The van der Waals surface area contributed by atoms with Crippen molar-refractivity contribution < 1.29 is 4.74 Å². The number of rotatable bonds is 5. The number of aryl methyl sites for hydroxylation is 1. The summed E-state index contributed by atoms with van der Waals surface area (Å²) >= 11 is 0. The molecule has 0 unspecified atom stereocenters. The van der Waals surface area contributed by atoms with Crippen LogP contribution >= 0.6 is 0 Å². The normalized spacial score (nSPS) is 14.2. The zero-order valence-corrected chi connectivity index (χ0v) is 16.1.